The van der Waals surface area contributed by atoms with Crippen molar-refractivity contribution in [2.75, 3.05) is 0 Å². The molecule has 2 nitrogen and oxygen atoms in total. The van der Waals surface area contributed by atoms with Gasteiger partial charge < -0.3 is 4.74 Å². The lowest BCUT2D eigenvalue weighted by Crippen LogP contribution is -2.21. The highest BCUT2D eigenvalue weighted by Crippen LogP contribution is 2.32. The van der Waals surface area contributed by atoms with E-state index in [1.165, 1.54) is 19.3 Å². The van der Waals surface area contributed by atoms with Crippen molar-refractivity contribution in [1.82, 2.24) is 0 Å². The quantitative estimate of drug-likeness (QED) is 0.520. The number of hydrogen-bond donors (Lipinski definition) is 0. The minimum absolute atomic E-state index is 0.170. The average Bonchev–Trinajstić information content (AvgIpc) is 2.47. The molecule has 1 aliphatic carbocycles. The first-order valence-electron chi connectivity index (χ1n) is 9.11. The second-order valence-electron chi connectivity index (χ2n) is 7.03. The third-order valence-corrected chi connectivity index (χ3v) is 4.74. The fourth-order valence-electron chi connectivity index (χ4n) is 3.33. The zero-order valence-corrected chi connectivity index (χ0v) is 14.4. The lowest BCUT2D eigenvalue weighted by molar-refractivity contribution is -0.135. The van der Waals surface area contributed by atoms with Crippen molar-refractivity contribution in [3.63, 3.8) is 0 Å². The molecule has 2 heteroatoms. The minimum Gasteiger partial charge on any atom is -0.426 e. The van der Waals surface area contributed by atoms with Crippen LogP contribution in [0.25, 0.3) is 0 Å². The van der Waals surface area contributed by atoms with Crippen LogP contribution in [0.4, 0.5) is 0 Å². The third-order valence-electron chi connectivity index (χ3n) is 4.74. The van der Waals surface area contributed by atoms with Crippen molar-refractivity contribution in [3.8, 4) is 5.75 Å². The van der Waals surface area contributed by atoms with E-state index in [9.17, 15) is 4.79 Å². The van der Waals surface area contributed by atoms with Gasteiger partial charge in [0.1, 0.15) is 5.75 Å². The van der Waals surface area contributed by atoms with Gasteiger partial charge in [-0.2, -0.15) is 0 Å². The molecule has 1 unspecified atom stereocenters. The summed E-state index contributed by atoms with van der Waals surface area (Å²) in [4.78, 5) is 12.4. The van der Waals surface area contributed by atoms with Crippen molar-refractivity contribution in [2.45, 2.75) is 72.1 Å². The molecule has 2 rings (SSSR count). The molecule has 0 amide bonds. The topological polar surface area (TPSA) is 26.3 Å². The summed E-state index contributed by atoms with van der Waals surface area (Å²) in [6, 6.07) is 6.00. The number of ether oxygens (including phenoxy) is 1. The summed E-state index contributed by atoms with van der Waals surface area (Å²) in [7, 11) is 0. The van der Waals surface area contributed by atoms with Gasteiger partial charge in [-0.15, -0.1) is 0 Å². The summed E-state index contributed by atoms with van der Waals surface area (Å²) in [5.74, 6) is 0.272. The summed E-state index contributed by atoms with van der Waals surface area (Å²) in [5.41, 5.74) is 2.13. The molecule has 1 atom stereocenters. The maximum absolute atomic E-state index is 12.4. The molecule has 122 valence electrons. The number of rotatable bonds is 5. The summed E-state index contributed by atoms with van der Waals surface area (Å²) in [6.45, 7) is 8.08. The normalized spacial score (nSPS) is 19.6. The Balaban J connectivity index is 2.05. The Labute approximate surface area is 136 Å². The van der Waals surface area contributed by atoms with Crippen molar-refractivity contribution in [3.05, 3.63) is 29.3 Å². The summed E-state index contributed by atoms with van der Waals surface area (Å²) in [5, 5.41) is 0. The van der Waals surface area contributed by atoms with Crippen LogP contribution >= 0.6 is 0 Å². The Hall–Kier alpha value is -1.31. The molecule has 0 bridgehead atoms. The van der Waals surface area contributed by atoms with Crippen LogP contribution in [0.5, 0.6) is 5.75 Å². The highest BCUT2D eigenvalue weighted by atomic mass is 16.5. The van der Waals surface area contributed by atoms with Gasteiger partial charge >= 0.3 is 5.97 Å². The Morgan fingerprint density at radius 3 is 2.59 bits per heavy atom. The lowest BCUT2D eigenvalue weighted by Gasteiger charge is -2.27. The first-order valence-corrected chi connectivity index (χ1v) is 8.61. The van der Waals surface area contributed by atoms with E-state index in [4.69, 9.17) is 6.11 Å². The van der Waals surface area contributed by atoms with Crippen LogP contribution in [0.15, 0.2) is 18.2 Å². The Bertz CT molecular complexity index is 543. The van der Waals surface area contributed by atoms with E-state index < -0.39 is 5.89 Å². The third kappa shape index (κ3) is 4.59. The number of hydrogen-bond acceptors (Lipinski definition) is 2. The van der Waals surface area contributed by atoms with E-state index in [1.807, 2.05) is 32.0 Å². The Morgan fingerprint density at radius 2 is 1.95 bits per heavy atom. The van der Waals surface area contributed by atoms with Gasteiger partial charge in [0.15, 0.2) is 0 Å². The van der Waals surface area contributed by atoms with E-state index in [1.54, 1.807) is 0 Å². The molecular formula is C20H30O2. The number of esters is 1. The van der Waals surface area contributed by atoms with Crippen molar-refractivity contribution >= 4 is 5.97 Å². The standard InChI is InChI=1S/C20H30O2/c1-14(2)18-11-10-15(3)12-19(18)22-20(21)13-16(4)17-8-6-5-7-9-17/h10-12,14,16-17H,5-9,13H2,1-4H3/i16D. The van der Waals surface area contributed by atoms with Crippen LogP contribution in [0.3, 0.4) is 0 Å². The monoisotopic (exact) mass is 303 g/mol. The van der Waals surface area contributed by atoms with Gasteiger partial charge in [-0.1, -0.05) is 65.0 Å². The summed E-state index contributed by atoms with van der Waals surface area (Å²) in [6.07, 6.45) is 5.93. The molecule has 0 saturated heterocycles. The first-order chi connectivity index (χ1) is 10.8. The second-order valence-corrected chi connectivity index (χ2v) is 7.03. The van der Waals surface area contributed by atoms with Crippen molar-refractivity contribution in [1.29, 1.82) is 0 Å². The van der Waals surface area contributed by atoms with Crippen molar-refractivity contribution in [2.24, 2.45) is 11.8 Å². The van der Waals surface area contributed by atoms with Gasteiger partial charge in [0.05, 0.1) is 0 Å². The zero-order valence-electron chi connectivity index (χ0n) is 15.4. The van der Waals surface area contributed by atoms with E-state index in [0.29, 0.717) is 17.6 Å². The number of benzene rings is 1. The molecule has 0 heterocycles. The highest BCUT2D eigenvalue weighted by Gasteiger charge is 2.23. The van der Waals surface area contributed by atoms with Gasteiger partial charge in [-0.05, 0) is 41.8 Å². The number of aryl methyl sites for hydroxylation is 1. The van der Waals surface area contributed by atoms with Crippen LogP contribution in [0.2, 0.25) is 0 Å². The molecule has 1 aromatic carbocycles. The highest BCUT2D eigenvalue weighted by molar-refractivity contribution is 5.73. The molecule has 22 heavy (non-hydrogen) atoms. The summed E-state index contributed by atoms with van der Waals surface area (Å²) < 4.78 is 14.3. The molecule has 0 N–H and O–H groups in total. The van der Waals surface area contributed by atoms with Gasteiger partial charge in [-0.25, -0.2) is 0 Å². The smallest absolute Gasteiger partial charge is 0.311 e. The fourth-order valence-corrected chi connectivity index (χ4v) is 3.33. The van der Waals surface area contributed by atoms with E-state index >= 15 is 0 Å². The van der Waals surface area contributed by atoms with E-state index in [0.717, 1.165) is 24.0 Å². The molecule has 0 radical (unpaired) electrons. The van der Waals surface area contributed by atoms with Gasteiger partial charge in [-0.3, -0.25) is 4.79 Å². The Kier molecular flexibility index (Phi) is 5.53. The van der Waals surface area contributed by atoms with E-state index in [-0.39, 0.29) is 12.4 Å². The van der Waals surface area contributed by atoms with Crippen LogP contribution in [0, 0.1) is 18.7 Å². The summed E-state index contributed by atoms with van der Waals surface area (Å²) >= 11 is 0. The number of carbonyl (C=O) groups is 1. The van der Waals surface area contributed by atoms with Crippen LogP contribution in [-0.2, 0) is 4.79 Å². The molecular weight excluding hydrogens is 272 g/mol. The van der Waals surface area contributed by atoms with Crippen LogP contribution in [-0.4, -0.2) is 5.97 Å². The maximum atomic E-state index is 12.4. The van der Waals surface area contributed by atoms with Gasteiger partial charge in [0.25, 0.3) is 0 Å². The zero-order chi connectivity index (χ0) is 17.0. The van der Waals surface area contributed by atoms with Crippen LogP contribution in [0.1, 0.15) is 77.7 Å². The lowest BCUT2D eigenvalue weighted by atomic mass is 9.79. The predicted octanol–water partition coefficient (Wildman–Crippen LogP) is 5.63. The number of carbonyl (C=O) groups excluding carboxylic acids is 1. The van der Waals surface area contributed by atoms with E-state index in [2.05, 4.69) is 13.8 Å². The fraction of sp³-hybridized carbons (Fsp3) is 0.650. The van der Waals surface area contributed by atoms with Crippen molar-refractivity contribution < 1.29 is 10.9 Å². The van der Waals surface area contributed by atoms with Gasteiger partial charge in [0, 0.05) is 7.79 Å². The predicted molar refractivity (Wildman–Crippen MR) is 91.3 cm³/mol. The van der Waals surface area contributed by atoms with Crippen LogP contribution < -0.4 is 4.74 Å². The van der Waals surface area contributed by atoms with Gasteiger partial charge in [0.2, 0.25) is 0 Å². The molecule has 1 aliphatic rings. The minimum atomic E-state index is -0.723. The Morgan fingerprint density at radius 1 is 1.27 bits per heavy atom. The molecule has 1 aromatic rings. The maximum Gasteiger partial charge on any atom is 0.311 e. The second kappa shape index (κ2) is 7.80. The SMILES string of the molecule is [2H]C(C)(CC(=O)Oc1cc(C)ccc1C(C)C)C1CCCCC1. The average molecular weight is 303 g/mol. The molecule has 0 spiro atoms. The molecule has 0 aliphatic heterocycles. The molecule has 1 saturated carbocycles. The molecule has 1 fully saturated rings. The largest absolute Gasteiger partial charge is 0.426 e. The first kappa shape index (κ1) is 15.6. The molecule has 0 aromatic heterocycles.